The topological polar surface area (TPSA) is 47.6 Å². The van der Waals surface area contributed by atoms with Crippen LogP contribution in [0.25, 0.3) is 0 Å². The molecule has 4 heteroatoms. The fraction of sp³-hybridized carbons (Fsp3) is 0.696. The van der Waals surface area contributed by atoms with Gasteiger partial charge in [-0.3, -0.25) is 4.79 Å². The Bertz CT molecular complexity index is 711. The summed E-state index contributed by atoms with van der Waals surface area (Å²) >= 11 is 0. The van der Waals surface area contributed by atoms with Crippen LogP contribution in [0.4, 0.5) is 0 Å². The van der Waals surface area contributed by atoms with Gasteiger partial charge in [0.2, 0.25) is 5.91 Å². The van der Waals surface area contributed by atoms with Crippen LogP contribution in [0.1, 0.15) is 58.6 Å². The number of amides is 1. The number of hydrogen-bond donors (Lipinski definition) is 1. The molecule has 0 aromatic heterocycles. The average Bonchev–Trinajstić information content (AvgIpc) is 3.14. The van der Waals surface area contributed by atoms with Gasteiger partial charge in [0, 0.05) is 18.6 Å². The van der Waals surface area contributed by atoms with Crippen LogP contribution in [-0.2, 0) is 9.53 Å². The lowest BCUT2D eigenvalue weighted by molar-refractivity contribution is -0.139. The summed E-state index contributed by atoms with van der Waals surface area (Å²) in [4.78, 5) is 12.6. The molecule has 4 nitrogen and oxygen atoms in total. The maximum absolute atomic E-state index is 12.6. The minimum Gasteiger partial charge on any atom is -0.497 e. The quantitative estimate of drug-likeness (QED) is 0.856. The summed E-state index contributed by atoms with van der Waals surface area (Å²) in [5, 5.41) is 3.47. The van der Waals surface area contributed by atoms with E-state index in [1.807, 2.05) is 26.0 Å². The Labute approximate surface area is 163 Å². The zero-order valence-electron chi connectivity index (χ0n) is 17.2. The van der Waals surface area contributed by atoms with E-state index in [-0.39, 0.29) is 34.8 Å². The first kappa shape index (κ1) is 18.8. The molecule has 1 aromatic rings. The number of benzene rings is 1. The Morgan fingerprint density at radius 3 is 2.59 bits per heavy atom. The fourth-order valence-corrected chi connectivity index (χ4v) is 6.22. The largest absolute Gasteiger partial charge is 0.497 e. The van der Waals surface area contributed by atoms with Crippen molar-refractivity contribution in [3.05, 3.63) is 29.8 Å². The van der Waals surface area contributed by atoms with Gasteiger partial charge in [0.15, 0.2) is 0 Å². The average molecular weight is 372 g/mol. The van der Waals surface area contributed by atoms with Crippen LogP contribution in [0.3, 0.4) is 0 Å². The summed E-state index contributed by atoms with van der Waals surface area (Å²) in [5.41, 5.74) is 1.53. The monoisotopic (exact) mass is 371 g/mol. The van der Waals surface area contributed by atoms with Crippen molar-refractivity contribution in [2.24, 2.45) is 28.6 Å². The highest BCUT2D eigenvalue weighted by molar-refractivity contribution is 5.78. The first-order chi connectivity index (χ1) is 12.8. The van der Waals surface area contributed by atoms with E-state index in [1.54, 1.807) is 7.11 Å². The Balaban J connectivity index is 1.66. The van der Waals surface area contributed by atoms with Crippen LogP contribution in [0.15, 0.2) is 24.3 Å². The maximum atomic E-state index is 12.6. The minimum absolute atomic E-state index is 0.0204. The number of hydrogen-bond acceptors (Lipinski definition) is 3. The molecule has 2 saturated carbocycles. The van der Waals surface area contributed by atoms with Crippen LogP contribution >= 0.6 is 0 Å². The Kier molecular flexibility index (Phi) is 4.53. The molecule has 4 rings (SSSR count). The van der Waals surface area contributed by atoms with Gasteiger partial charge in [-0.15, -0.1) is 0 Å². The van der Waals surface area contributed by atoms with Crippen molar-refractivity contribution >= 4 is 5.91 Å². The summed E-state index contributed by atoms with van der Waals surface area (Å²) in [7, 11) is 1.70. The van der Waals surface area contributed by atoms with E-state index in [9.17, 15) is 4.79 Å². The highest BCUT2D eigenvalue weighted by atomic mass is 16.5. The number of carbonyl (C=O) groups is 1. The molecular formula is C23H33NO3. The molecule has 1 N–H and O–H groups in total. The zero-order valence-corrected chi connectivity index (χ0v) is 17.2. The molecule has 0 radical (unpaired) electrons. The lowest BCUT2D eigenvalue weighted by Gasteiger charge is -2.53. The summed E-state index contributed by atoms with van der Waals surface area (Å²) in [6.45, 7) is 9.44. The summed E-state index contributed by atoms with van der Waals surface area (Å²) in [6.07, 6.45) is 3.57. The van der Waals surface area contributed by atoms with E-state index >= 15 is 0 Å². The number of rotatable bonds is 4. The highest BCUT2D eigenvalue weighted by Crippen LogP contribution is 2.70. The number of fused-ring (bicyclic) bond motifs is 1. The third-order valence-electron chi connectivity index (χ3n) is 7.76. The highest BCUT2D eigenvalue weighted by Gasteiger charge is 2.68. The van der Waals surface area contributed by atoms with E-state index < -0.39 is 0 Å². The third kappa shape index (κ3) is 2.79. The predicted octanol–water partition coefficient (Wildman–Crippen LogP) is 4.35. The molecule has 1 saturated heterocycles. The van der Waals surface area contributed by atoms with Crippen LogP contribution < -0.4 is 10.1 Å². The van der Waals surface area contributed by atoms with Crippen molar-refractivity contribution in [2.75, 3.05) is 13.7 Å². The molecule has 5 atom stereocenters. The second-order valence-corrected chi connectivity index (χ2v) is 9.71. The van der Waals surface area contributed by atoms with Crippen molar-refractivity contribution in [3.63, 3.8) is 0 Å². The lowest BCUT2D eigenvalue weighted by Crippen LogP contribution is -2.59. The SMILES string of the molecule is COc1ccc([C@H]2OCC[C@@]34C[C@@H](C[C@H]23)C(C)(C)[C@@H]4NC(=O)C(C)C)cc1. The second-order valence-electron chi connectivity index (χ2n) is 9.71. The number of carbonyl (C=O) groups excluding carboxylic acids is 1. The summed E-state index contributed by atoms with van der Waals surface area (Å²) in [5.74, 6) is 2.19. The minimum atomic E-state index is 0.0204. The van der Waals surface area contributed by atoms with Crippen molar-refractivity contribution < 1.29 is 14.3 Å². The van der Waals surface area contributed by atoms with E-state index in [0.717, 1.165) is 18.8 Å². The second kappa shape index (κ2) is 6.51. The maximum Gasteiger partial charge on any atom is 0.222 e. The van der Waals surface area contributed by atoms with Gasteiger partial charge in [0.25, 0.3) is 0 Å². The van der Waals surface area contributed by atoms with E-state index in [1.165, 1.54) is 18.4 Å². The first-order valence-electron chi connectivity index (χ1n) is 10.4. The number of ether oxygens (including phenoxy) is 2. The molecule has 1 aliphatic heterocycles. The molecule has 1 heterocycles. The summed E-state index contributed by atoms with van der Waals surface area (Å²) in [6, 6.07) is 8.56. The normalized spacial score (nSPS) is 36.5. The first-order valence-corrected chi connectivity index (χ1v) is 10.4. The lowest BCUT2D eigenvalue weighted by atomic mass is 9.58. The Hall–Kier alpha value is -1.55. The van der Waals surface area contributed by atoms with Gasteiger partial charge in [-0.05, 0) is 59.6 Å². The van der Waals surface area contributed by atoms with Gasteiger partial charge >= 0.3 is 0 Å². The molecule has 1 spiro atoms. The van der Waals surface area contributed by atoms with Crippen LogP contribution in [0, 0.1) is 28.6 Å². The Morgan fingerprint density at radius 1 is 1.26 bits per heavy atom. The molecule has 27 heavy (non-hydrogen) atoms. The van der Waals surface area contributed by atoms with E-state index in [0.29, 0.717) is 11.8 Å². The van der Waals surface area contributed by atoms with E-state index in [2.05, 4.69) is 31.3 Å². The standard InChI is InChI=1S/C23H33NO3/c1-14(2)20(25)24-21-22(3,4)16-12-18-19(27-11-10-23(18,21)13-16)15-6-8-17(26-5)9-7-15/h6-9,14,16,18-19,21H,10-13H2,1-5H3,(H,24,25)/t16-,18-,19-,21+,23-/m1/s1. The van der Waals surface area contributed by atoms with Gasteiger partial charge in [-0.1, -0.05) is 39.8 Å². The van der Waals surface area contributed by atoms with Gasteiger partial charge in [0.1, 0.15) is 5.75 Å². The number of nitrogens with one attached hydrogen (secondary N) is 1. The van der Waals surface area contributed by atoms with Crippen molar-refractivity contribution in [2.45, 2.75) is 59.1 Å². The molecule has 3 aliphatic rings. The zero-order chi connectivity index (χ0) is 19.4. The number of methoxy groups -OCH3 is 1. The van der Waals surface area contributed by atoms with Gasteiger partial charge in [-0.2, -0.15) is 0 Å². The fourth-order valence-electron chi connectivity index (χ4n) is 6.22. The van der Waals surface area contributed by atoms with Crippen LogP contribution in [0.2, 0.25) is 0 Å². The van der Waals surface area contributed by atoms with Crippen molar-refractivity contribution in [1.82, 2.24) is 5.32 Å². The molecule has 3 fully saturated rings. The van der Waals surface area contributed by atoms with Crippen LogP contribution in [-0.4, -0.2) is 25.7 Å². The predicted molar refractivity (Wildman–Crippen MR) is 106 cm³/mol. The van der Waals surface area contributed by atoms with Gasteiger partial charge in [-0.25, -0.2) is 0 Å². The van der Waals surface area contributed by atoms with Gasteiger partial charge in [0.05, 0.1) is 13.2 Å². The molecule has 1 amide bonds. The Morgan fingerprint density at radius 2 is 1.96 bits per heavy atom. The summed E-state index contributed by atoms with van der Waals surface area (Å²) < 4.78 is 11.6. The van der Waals surface area contributed by atoms with Crippen molar-refractivity contribution in [3.8, 4) is 5.75 Å². The van der Waals surface area contributed by atoms with E-state index in [4.69, 9.17) is 9.47 Å². The van der Waals surface area contributed by atoms with Crippen LogP contribution in [0.5, 0.6) is 5.75 Å². The molecule has 148 valence electrons. The molecule has 1 aromatic carbocycles. The smallest absolute Gasteiger partial charge is 0.222 e. The third-order valence-corrected chi connectivity index (χ3v) is 7.76. The molecule has 0 unspecified atom stereocenters. The van der Waals surface area contributed by atoms with Crippen molar-refractivity contribution in [1.29, 1.82) is 0 Å². The molecule has 2 bridgehead atoms. The van der Waals surface area contributed by atoms with Gasteiger partial charge < -0.3 is 14.8 Å². The molecular weight excluding hydrogens is 338 g/mol. The molecule has 2 aliphatic carbocycles.